The molecule has 0 spiro atoms. The fraction of sp³-hybridized carbons (Fsp3) is 0.296. The molecule has 7 nitrogen and oxygen atoms in total. The van der Waals surface area contributed by atoms with Gasteiger partial charge < -0.3 is 14.2 Å². The zero-order valence-corrected chi connectivity index (χ0v) is 24.8. The molecule has 0 saturated carbocycles. The first-order valence-electron chi connectivity index (χ1n) is 11.7. The van der Waals surface area contributed by atoms with Crippen LogP contribution in [0.4, 0.5) is 0 Å². The molecule has 0 aliphatic carbocycles. The Hall–Kier alpha value is -2.69. The number of benzene rings is 2. The number of esters is 1. The zero-order valence-electron chi connectivity index (χ0n) is 20.8. The first-order valence-corrected chi connectivity index (χ1v) is 14.1. The van der Waals surface area contributed by atoms with Crippen molar-refractivity contribution >= 4 is 55.2 Å². The molecule has 0 bridgehead atoms. The molecule has 1 atom stereocenters. The summed E-state index contributed by atoms with van der Waals surface area (Å²) in [7, 11) is 3.17. The van der Waals surface area contributed by atoms with Crippen LogP contribution in [0.2, 0.25) is 0 Å². The first kappa shape index (κ1) is 27.3. The number of rotatable bonds is 8. The highest BCUT2D eigenvalue weighted by Crippen LogP contribution is 2.38. The summed E-state index contributed by atoms with van der Waals surface area (Å²) in [6, 6.07) is 10.4. The van der Waals surface area contributed by atoms with E-state index in [1.807, 2.05) is 49.4 Å². The molecule has 0 saturated heterocycles. The zero-order chi connectivity index (χ0) is 26.7. The van der Waals surface area contributed by atoms with E-state index in [1.54, 1.807) is 25.7 Å². The maximum Gasteiger partial charge on any atom is 0.338 e. The van der Waals surface area contributed by atoms with E-state index < -0.39 is 12.0 Å². The number of hydrogen-bond donors (Lipinski definition) is 0. The number of halogens is 2. The molecule has 0 amide bonds. The molecule has 0 radical (unpaired) electrons. The van der Waals surface area contributed by atoms with Crippen molar-refractivity contribution in [3.8, 4) is 11.5 Å². The van der Waals surface area contributed by atoms with Gasteiger partial charge in [0.1, 0.15) is 17.5 Å². The summed E-state index contributed by atoms with van der Waals surface area (Å²) in [4.78, 5) is 32.6. The van der Waals surface area contributed by atoms with Crippen molar-refractivity contribution in [3.63, 3.8) is 0 Å². The predicted molar refractivity (Wildman–Crippen MR) is 151 cm³/mol. The van der Waals surface area contributed by atoms with Gasteiger partial charge in [-0.05, 0) is 71.2 Å². The molecule has 0 fully saturated rings. The maximum atomic E-state index is 13.9. The number of carbonyl (C=O) groups excluding carboxylic acids is 1. The number of aromatic nitrogens is 1. The lowest BCUT2D eigenvalue weighted by Crippen LogP contribution is -2.40. The average molecular weight is 650 g/mol. The first-order chi connectivity index (χ1) is 17.8. The second kappa shape index (κ2) is 11.8. The largest absolute Gasteiger partial charge is 0.496 e. The summed E-state index contributed by atoms with van der Waals surface area (Å²) in [6.07, 6.45) is 3.16. The third-order valence-electron chi connectivity index (χ3n) is 5.85. The van der Waals surface area contributed by atoms with Crippen molar-refractivity contribution in [2.75, 3.05) is 20.8 Å². The molecule has 1 aromatic heterocycles. The molecule has 0 N–H and O–H groups in total. The van der Waals surface area contributed by atoms with Gasteiger partial charge in [-0.1, -0.05) is 46.7 Å². The summed E-state index contributed by atoms with van der Waals surface area (Å²) in [5.74, 6) is 0.764. The molecule has 10 heteroatoms. The number of nitrogens with zero attached hydrogens (tertiary/aromatic N) is 2. The molecular weight excluding hydrogens is 624 g/mol. The Kier molecular flexibility index (Phi) is 8.71. The molecule has 1 aliphatic rings. The van der Waals surface area contributed by atoms with Gasteiger partial charge in [-0.2, -0.15) is 0 Å². The summed E-state index contributed by atoms with van der Waals surface area (Å²) in [5, 5.41) is 0. The number of carbonyl (C=O) groups is 1. The van der Waals surface area contributed by atoms with Gasteiger partial charge in [0.05, 0.1) is 41.1 Å². The van der Waals surface area contributed by atoms with E-state index in [4.69, 9.17) is 19.2 Å². The number of hydrogen-bond acceptors (Lipinski definition) is 7. The fourth-order valence-corrected chi connectivity index (χ4v) is 6.21. The normalized spacial score (nSPS) is 15.3. The second-order valence-electron chi connectivity index (χ2n) is 8.19. The Balaban J connectivity index is 2.03. The van der Waals surface area contributed by atoms with Gasteiger partial charge in [0, 0.05) is 10.0 Å². The van der Waals surface area contributed by atoms with Gasteiger partial charge in [-0.25, -0.2) is 9.79 Å². The maximum absolute atomic E-state index is 13.9. The molecule has 2 aromatic carbocycles. The lowest BCUT2D eigenvalue weighted by atomic mass is 9.93. The minimum atomic E-state index is -0.756. The smallest absolute Gasteiger partial charge is 0.338 e. The SMILES string of the molecule is CCCC1=C(C(=O)OCC)[C@H](c2cc(Br)ccc2OC)n2c(s/c(=C/c3ccc(OC)c(Br)c3)c2=O)=N1. The second-order valence-corrected chi connectivity index (χ2v) is 11.0. The third-order valence-corrected chi connectivity index (χ3v) is 7.95. The minimum absolute atomic E-state index is 0.209. The van der Waals surface area contributed by atoms with Crippen LogP contribution < -0.4 is 24.4 Å². The minimum Gasteiger partial charge on any atom is -0.496 e. The van der Waals surface area contributed by atoms with Crippen molar-refractivity contribution in [1.82, 2.24) is 4.57 Å². The Bertz CT molecular complexity index is 1560. The van der Waals surface area contributed by atoms with Gasteiger partial charge >= 0.3 is 5.97 Å². The van der Waals surface area contributed by atoms with Crippen LogP contribution in [0.1, 0.15) is 43.9 Å². The Morgan fingerprint density at radius 2 is 1.84 bits per heavy atom. The van der Waals surface area contributed by atoms with Crippen LogP contribution in [0, 0.1) is 0 Å². The van der Waals surface area contributed by atoms with E-state index in [9.17, 15) is 9.59 Å². The van der Waals surface area contributed by atoms with Gasteiger partial charge in [0.2, 0.25) is 0 Å². The van der Waals surface area contributed by atoms with E-state index >= 15 is 0 Å². The van der Waals surface area contributed by atoms with Gasteiger partial charge in [0.15, 0.2) is 4.80 Å². The van der Waals surface area contributed by atoms with E-state index in [2.05, 4.69) is 31.9 Å². The van der Waals surface area contributed by atoms with Crippen molar-refractivity contribution in [3.05, 3.63) is 87.4 Å². The molecule has 1 aliphatic heterocycles. The molecular formula is C27H26Br2N2O5S. The average Bonchev–Trinajstić information content (AvgIpc) is 3.18. The Labute approximate surface area is 235 Å². The molecule has 3 aromatic rings. The molecule has 194 valence electrons. The Morgan fingerprint density at radius 3 is 2.49 bits per heavy atom. The van der Waals surface area contributed by atoms with Crippen LogP contribution in [0.15, 0.2) is 66.4 Å². The number of ether oxygens (including phenoxy) is 3. The number of allylic oxidation sites excluding steroid dienone is 1. The molecule has 37 heavy (non-hydrogen) atoms. The van der Waals surface area contributed by atoms with Crippen molar-refractivity contribution in [1.29, 1.82) is 0 Å². The van der Waals surface area contributed by atoms with E-state index in [-0.39, 0.29) is 12.2 Å². The number of thiazole rings is 1. The van der Waals surface area contributed by atoms with Crippen LogP contribution >= 0.6 is 43.2 Å². The standard InChI is InChI=1S/C27H26Br2N2O5S/c1-5-7-19-23(26(33)36-6-2)24(17-14-16(28)9-11-20(17)34-3)31-25(32)22(37-27(31)30-19)13-15-8-10-21(35-4)18(29)12-15/h8-14,24H,5-7H2,1-4H3/b22-13+/t24-/m0/s1. The molecule has 0 unspecified atom stereocenters. The van der Waals surface area contributed by atoms with E-state index in [1.165, 1.54) is 11.3 Å². The van der Waals surface area contributed by atoms with Crippen molar-refractivity contribution < 1.29 is 19.0 Å². The van der Waals surface area contributed by atoms with Crippen LogP contribution in [0.25, 0.3) is 6.08 Å². The fourth-order valence-electron chi connectivity index (χ4n) is 4.26. The highest BCUT2D eigenvalue weighted by atomic mass is 79.9. The number of fused-ring (bicyclic) bond motifs is 1. The van der Waals surface area contributed by atoms with E-state index in [0.717, 1.165) is 20.9 Å². The highest BCUT2D eigenvalue weighted by Gasteiger charge is 2.36. The lowest BCUT2D eigenvalue weighted by Gasteiger charge is -2.27. The third kappa shape index (κ3) is 5.46. The highest BCUT2D eigenvalue weighted by molar-refractivity contribution is 9.10. The van der Waals surface area contributed by atoms with Crippen LogP contribution in [-0.4, -0.2) is 31.4 Å². The summed E-state index contributed by atoms with van der Waals surface area (Å²) in [6.45, 7) is 3.99. The summed E-state index contributed by atoms with van der Waals surface area (Å²) >= 11 is 8.33. The predicted octanol–water partition coefficient (Wildman–Crippen LogP) is 5.12. The molecule has 2 heterocycles. The lowest BCUT2D eigenvalue weighted by molar-refractivity contribution is -0.139. The Morgan fingerprint density at radius 1 is 1.11 bits per heavy atom. The summed E-state index contributed by atoms with van der Waals surface area (Å²) < 4.78 is 20.1. The topological polar surface area (TPSA) is 79.1 Å². The van der Waals surface area contributed by atoms with Crippen LogP contribution in [-0.2, 0) is 9.53 Å². The van der Waals surface area contributed by atoms with Crippen molar-refractivity contribution in [2.24, 2.45) is 4.99 Å². The molecule has 4 rings (SSSR count). The van der Waals surface area contributed by atoms with Crippen molar-refractivity contribution in [2.45, 2.75) is 32.7 Å². The van der Waals surface area contributed by atoms with Gasteiger partial charge in [0.25, 0.3) is 5.56 Å². The van der Waals surface area contributed by atoms with Crippen LogP contribution in [0.3, 0.4) is 0 Å². The quantitative estimate of drug-likeness (QED) is 0.317. The monoisotopic (exact) mass is 648 g/mol. The number of methoxy groups -OCH3 is 2. The summed E-state index contributed by atoms with van der Waals surface area (Å²) in [5.41, 5.74) is 2.22. The van der Waals surface area contributed by atoms with Gasteiger partial charge in [-0.3, -0.25) is 9.36 Å². The van der Waals surface area contributed by atoms with Gasteiger partial charge in [-0.15, -0.1) is 0 Å². The van der Waals surface area contributed by atoms with Crippen LogP contribution in [0.5, 0.6) is 11.5 Å². The van der Waals surface area contributed by atoms with E-state index in [0.29, 0.717) is 44.1 Å².